The zero-order valence-corrected chi connectivity index (χ0v) is 12.3. The van der Waals surface area contributed by atoms with E-state index in [1.165, 1.54) is 0 Å². The summed E-state index contributed by atoms with van der Waals surface area (Å²) in [6.45, 7) is 2.47. The van der Waals surface area contributed by atoms with Crippen molar-refractivity contribution in [2.45, 2.75) is 25.6 Å². The maximum absolute atomic E-state index is 10.8. The number of methoxy groups -OCH3 is 1. The number of ether oxygens (including phenoxy) is 3. The van der Waals surface area contributed by atoms with Crippen molar-refractivity contribution in [2.24, 2.45) is 0 Å². The van der Waals surface area contributed by atoms with Crippen LogP contribution in [0.2, 0.25) is 0 Å². The van der Waals surface area contributed by atoms with Gasteiger partial charge in [-0.3, -0.25) is 4.79 Å². The Morgan fingerprint density at radius 3 is 2.62 bits per heavy atom. The topological polar surface area (TPSA) is 85.2 Å². The number of para-hydroxylation sites is 1. The van der Waals surface area contributed by atoms with Gasteiger partial charge in [0.05, 0.1) is 25.7 Å². The minimum Gasteiger partial charge on any atom is -0.490 e. The van der Waals surface area contributed by atoms with Crippen LogP contribution in [0.3, 0.4) is 0 Å². The largest absolute Gasteiger partial charge is 0.490 e. The summed E-state index contributed by atoms with van der Waals surface area (Å²) in [5.74, 6) is -0.466. The van der Waals surface area contributed by atoms with Gasteiger partial charge in [-0.05, 0) is 13.0 Å². The molecule has 0 aromatic heterocycles. The van der Waals surface area contributed by atoms with Crippen LogP contribution in [0, 0.1) is 0 Å². The van der Waals surface area contributed by atoms with Crippen LogP contribution in [0.1, 0.15) is 12.5 Å². The molecule has 0 spiro atoms. The fourth-order valence-electron chi connectivity index (χ4n) is 1.75. The minimum atomic E-state index is -0.927. The number of carboxylic acids is 1. The Hall–Kier alpha value is -1.63. The average molecular weight is 298 g/mol. The van der Waals surface area contributed by atoms with Crippen molar-refractivity contribution in [1.29, 1.82) is 0 Å². The highest BCUT2D eigenvalue weighted by molar-refractivity contribution is 5.71. The van der Waals surface area contributed by atoms with Crippen molar-refractivity contribution in [3.63, 3.8) is 0 Å². The Bertz CT molecular complexity index is 434. The molecule has 2 N–H and O–H groups in total. The van der Waals surface area contributed by atoms with Crippen molar-refractivity contribution in [3.8, 4) is 5.75 Å². The number of hydrogen-bond acceptors (Lipinski definition) is 5. The molecule has 1 aromatic carbocycles. The fourth-order valence-corrected chi connectivity index (χ4v) is 1.75. The number of rotatable bonds is 10. The first-order valence-corrected chi connectivity index (χ1v) is 6.74. The maximum Gasteiger partial charge on any atom is 0.307 e. The quantitative estimate of drug-likeness (QED) is 0.673. The van der Waals surface area contributed by atoms with E-state index in [9.17, 15) is 9.90 Å². The zero-order chi connectivity index (χ0) is 15.7. The molecule has 0 heterocycles. The van der Waals surface area contributed by atoms with Crippen LogP contribution in [-0.2, 0) is 20.7 Å². The molecule has 0 bridgehead atoms. The number of carboxylic acid groups (broad SMARTS) is 1. The van der Waals surface area contributed by atoms with Gasteiger partial charge in [0, 0.05) is 12.7 Å². The molecule has 6 heteroatoms. The van der Waals surface area contributed by atoms with Gasteiger partial charge in [-0.25, -0.2) is 0 Å². The highest BCUT2D eigenvalue weighted by Crippen LogP contribution is 2.18. The highest BCUT2D eigenvalue weighted by Gasteiger charge is 2.11. The summed E-state index contributed by atoms with van der Waals surface area (Å²) < 4.78 is 15.8. The molecule has 2 atom stereocenters. The molecule has 0 fully saturated rings. The molecular weight excluding hydrogens is 276 g/mol. The number of benzene rings is 1. The summed E-state index contributed by atoms with van der Waals surface area (Å²) >= 11 is 0. The van der Waals surface area contributed by atoms with Gasteiger partial charge >= 0.3 is 5.97 Å². The van der Waals surface area contributed by atoms with E-state index in [4.69, 9.17) is 19.3 Å². The molecule has 0 aliphatic rings. The lowest BCUT2D eigenvalue weighted by molar-refractivity contribution is -0.136. The maximum atomic E-state index is 10.8. The minimum absolute atomic E-state index is 0.0380. The zero-order valence-electron chi connectivity index (χ0n) is 12.3. The number of hydrogen-bond donors (Lipinski definition) is 2. The van der Waals surface area contributed by atoms with Crippen LogP contribution in [0.5, 0.6) is 5.75 Å². The monoisotopic (exact) mass is 298 g/mol. The SMILES string of the molecule is COCC(C)OCC(O)COc1ccccc1CC(=O)O. The Kier molecular flexibility index (Phi) is 7.74. The van der Waals surface area contributed by atoms with Gasteiger partial charge in [0.15, 0.2) is 0 Å². The van der Waals surface area contributed by atoms with Crippen LogP contribution < -0.4 is 4.74 Å². The second-order valence-corrected chi connectivity index (χ2v) is 4.74. The third-order valence-corrected chi connectivity index (χ3v) is 2.72. The predicted octanol–water partition coefficient (Wildman–Crippen LogP) is 1.10. The van der Waals surface area contributed by atoms with Crippen molar-refractivity contribution in [3.05, 3.63) is 29.8 Å². The van der Waals surface area contributed by atoms with E-state index in [1.54, 1.807) is 31.4 Å². The van der Waals surface area contributed by atoms with Gasteiger partial charge < -0.3 is 24.4 Å². The van der Waals surface area contributed by atoms with Crippen LogP contribution in [0.4, 0.5) is 0 Å². The molecule has 2 unspecified atom stereocenters. The van der Waals surface area contributed by atoms with Crippen molar-refractivity contribution < 1.29 is 29.2 Å². The Morgan fingerprint density at radius 1 is 1.24 bits per heavy atom. The molecule has 1 rings (SSSR count). The number of carbonyl (C=O) groups is 1. The van der Waals surface area contributed by atoms with E-state index in [2.05, 4.69) is 0 Å². The first-order chi connectivity index (χ1) is 10.0. The van der Waals surface area contributed by atoms with Gasteiger partial charge in [0.1, 0.15) is 18.5 Å². The van der Waals surface area contributed by atoms with Crippen molar-refractivity contribution in [2.75, 3.05) is 26.9 Å². The highest BCUT2D eigenvalue weighted by atomic mass is 16.5. The lowest BCUT2D eigenvalue weighted by atomic mass is 10.1. The van der Waals surface area contributed by atoms with Crippen LogP contribution >= 0.6 is 0 Å². The first kappa shape index (κ1) is 17.4. The normalized spacial score (nSPS) is 13.7. The summed E-state index contributed by atoms with van der Waals surface area (Å²) in [5.41, 5.74) is 0.575. The lowest BCUT2D eigenvalue weighted by Crippen LogP contribution is -2.27. The standard InChI is InChI=1S/C15H22O6/c1-11(8-19-2)20-9-13(16)10-21-14-6-4-3-5-12(14)7-15(17)18/h3-6,11,13,16H,7-10H2,1-2H3,(H,17,18). The van der Waals surface area contributed by atoms with E-state index in [0.717, 1.165) is 0 Å². The summed E-state index contributed by atoms with van der Waals surface area (Å²) in [6, 6.07) is 6.87. The van der Waals surface area contributed by atoms with Gasteiger partial charge in [0.2, 0.25) is 0 Å². The smallest absolute Gasteiger partial charge is 0.307 e. The Morgan fingerprint density at radius 2 is 1.95 bits per heavy atom. The van der Waals surface area contributed by atoms with E-state index in [1.807, 2.05) is 6.92 Å². The van der Waals surface area contributed by atoms with E-state index in [0.29, 0.717) is 17.9 Å². The summed E-state index contributed by atoms with van der Waals surface area (Å²) in [6.07, 6.45) is -1.01. The van der Waals surface area contributed by atoms with Gasteiger partial charge in [-0.1, -0.05) is 18.2 Å². The number of aliphatic hydroxyl groups is 1. The van der Waals surface area contributed by atoms with Gasteiger partial charge in [0.25, 0.3) is 0 Å². The third kappa shape index (κ3) is 7.08. The molecular formula is C15H22O6. The predicted molar refractivity (Wildman–Crippen MR) is 76.6 cm³/mol. The van der Waals surface area contributed by atoms with Crippen molar-refractivity contribution >= 4 is 5.97 Å². The summed E-state index contributed by atoms with van der Waals surface area (Å²) in [7, 11) is 1.58. The third-order valence-electron chi connectivity index (χ3n) is 2.72. The molecule has 21 heavy (non-hydrogen) atoms. The number of aliphatic hydroxyl groups excluding tert-OH is 1. The number of aliphatic carboxylic acids is 1. The van der Waals surface area contributed by atoms with E-state index < -0.39 is 12.1 Å². The Balaban J connectivity index is 2.42. The summed E-state index contributed by atoms with van der Waals surface area (Å²) in [4.78, 5) is 10.8. The van der Waals surface area contributed by atoms with Crippen molar-refractivity contribution in [1.82, 2.24) is 0 Å². The molecule has 1 aromatic rings. The molecule has 0 radical (unpaired) electrons. The van der Waals surface area contributed by atoms with Gasteiger partial charge in [-0.15, -0.1) is 0 Å². The van der Waals surface area contributed by atoms with Crippen LogP contribution in [0.25, 0.3) is 0 Å². The first-order valence-electron chi connectivity index (χ1n) is 6.74. The molecule has 0 amide bonds. The fraction of sp³-hybridized carbons (Fsp3) is 0.533. The molecule has 0 aliphatic carbocycles. The van der Waals surface area contributed by atoms with Crippen LogP contribution in [-0.4, -0.2) is 55.3 Å². The lowest BCUT2D eigenvalue weighted by Gasteiger charge is -2.17. The molecule has 0 saturated heterocycles. The molecule has 6 nitrogen and oxygen atoms in total. The summed E-state index contributed by atoms with van der Waals surface area (Å²) in [5, 5.41) is 18.6. The van der Waals surface area contributed by atoms with E-state index in [-0.39, 0.29) is 25.7 Å². The Labute approximate surface area is 124 Å². The van der Waals surface area contributed by atoms with Crippen LogP contribution in [0.15, 0.2) is 24.3 Å². The van der Waals surface area contributed by atoms with E-state index >= 15 is 0 Å². The molecule has 0 aliphatic heterocycles. The second kappa shape index (κ2) is 9.33. The average Bonchev–Trinajstić information content (AvgIpc) is 2.44. The second-order valence-electron chi connectivity index (χ2n) is 4.74. The van der Waals surface area contributed by atoms with Gasteiger partial charge in [-0.2, -0.15) is 0 Å². The molecule has 118 valence electrons. The molecule has 0 saturated carbocycles.